The van der Waals surface area contributed by atoms with E-state index in [9.17, 15) is 9.59 Å². The van der Waals surface area contributed by atoms with Gasteiger partial charge in [-0.3, -0.25) is 9.69 Å². The Kier molecular flexibility index (Phi) is 9.39. The van der Waals surface area contributed by atoms with Crippen molar-refractivity contribution in [3.8, 4) is 11.5 Å². The molecule has 1 fully saturated rings. The molecule has 2 N–H and O–H groups in total. The van der Waals surface area contributed by atoms with Crippen LogP contribution in [0.4, 0.5) is 4.79 Å². The number of alkyl carbamates (subject to hydrolysis) is 1. The van der Waals surface area contributed by atoms with Crippen LogP contribution in [0.2, 0.25) is 0 Å². The number of rotatable bonds is 9. The van der Waals surface area contributed by atoms with Gasteiger partial charge in [-0.2, -0.15) is 0 Å². The molecule has 2 amide bonds. The minimum Gasteiger partial charge on any atom is -0.493 e. The molecule has 2 rings (SSSR count). The minimum absolute atomic E-state index is 0.0357. The van der Waals surface area contributed by atoms with E-state index in [-0.39, 0.29) is 24.9 Å². The molecule has 0 aliphatic carbocycles. The molecule has 1 aromatic carbocycles. The highest BCUT2D eigenvalue weighted by Crippen LogP contribution is 2.32. The van der Waals surface area contributed by atoms with Crippen LogP contribution in [0, 0.1) is 0 Å². The fraction of sp³-hybridized carbons (Fsp3) is 0.636. The summed E-state index contributed by atoms with van der Waals surface area (Å²) in [7, 11) is 3.20. The quantitative estimate of drug-likeness (QED) is 0.611. The third kappa shape index (κ3) is 8.26. The normalized spacial score (nSPS) is 15.6. The first kappa shape index (κ1) is 24.7. The third-order valence-corrected chi connectivity index (χ3v) is 4.79. The van der Waals surface area contributed by atoms with Crippen molar-refractivity contribution in [3.05, 3.63) is 23.8 Å². The SMILES string of the molecule is COc1ccc([C@@H](CNC(=O)CCNC(=O)OC(C)(C)C)N2CCOCC2)cc1OC. The van der Waals surface area contributed by atoms with Crippen LogP contribution >= 0.6 is 0 Å². The lowest BCUT2D eigenvalue weighted by Crippen LogP contribution is -2.44. The summed E-state index contributed by atoms with van der Waals surface area (Å²) in [6, 6.07) is 5.76. The second-order valence-corrected chi connectivity index (χ2v) is 8.26. The molecule has 0 spiro atoms. The first-order valence-corrected chi connectivity index (χ1v) is 10.5. The summed E-state index contributed by atoms with van der Waals surface area (Å²) < 4.78 is 21.4. The van der Waals surface area contributed by atoms with Gasteiger partial charge in [0.15, 0.2) is 11.5 Å². The first-order valence-electron chi connectivity index (χ1n) is 10.5. The van der Waals surface area contributed by atoms with Gasteiger partial charge in [0, 0.05) is 32.6 Å². The first-order chi connectivity index (χ1) is 14.7. The Morgan fingerprint density at radius 2 is 1.77 bits per heavy atom. The Labute approximate surface area is 184 Å². The van der Waals surface area contributed by atoms with E-state index in [1.165, 1.54) is 0 Å². The van der Waals surface area contributed by atoms with Crippen molar-refractivity contribution >= 4 is 12.0 Å². The lowest BCUT2D eigenvalue weighted by molar-refractivity contribution is -0.121. The molecule has 0 aromatic heterocycles. The molecular formula is C22H35N3O6. The van der Waals surface area contributed by atoms with Gasteiger partial charge in [-0.15, -0.1) is 0 Å². The number of amides is 2. The fourth-order valence-corrected chi connectivity index (χ4v) is 3.30. The second-order valence-electron chi connectivity index (χ2n) is 8.26. The van der Waals surface area contributed by atoms with Crippen molar-refractivity contribution in [3.63, 3.8) is 0 Å². The highest BCUT2D eigenvalue weighted by Gasteiger charge is 2.24. The van der Waals surface area contributed by atoms with E-state index in [1.807, 2.05) is 18.2 Å². The topological polar surface area (TPSA) is 98.4 Å². The van der Waals surface area contributed by atoms with E-state index in [0.717, 1.165) is 18.7 Å². The van der Waals surface area contributed by atoms with Gasteiger partial charge in [-0.25, -0.2) is 4.79 Å². The number of hydrogen-bond acceptors (Lipinski definition) is 7. The highest BCUT2D eigenvalue weighted by atomic mass is 16.6. The van der Waals surface area contributed by atoms with E-state index in [0.29, 0.717) is 31.3 Å². The lowest BCUT2D eigenvalue weighted by atomic mass is 10.0. The fourth-order valence-electron chi connectivity index (χ4n) is 3.30. The van der Waals surface area contributed by atoms with Crippen molar-refractivity contribution in [2.24, 2.45) is 0 Å². The summed E-state index contributed by atoms with van der Waals surface area (Å²) in [5, 5.41) is 5.58. The predicted octanol–water partition coefficient (Wildman–Crippen LogP) is 2.11. The second kappa shape index (κ2) is 11.8. The zero-order chi connectivity index (χ0) is 22.9. The number of nitrogens with one attached hydrogen (secondary N) is 2. The molecule has 1 aliphatic heterocycles. The average molecular weight is 438 g/mol. The number of morpholine rings is 1. The summed E-state index contributed by atoms with van der Waals surface area (Å²) in [6.07, 6.45) is -0.363. The lowest BCUT2D eigenvalue weighted by Gasteiger charge is -2.35. The van der Waals surface area contributed by atoms with Crippen LogP contribution in [0.15, 0.2) is 18.2 Å². The van der Waals surface area contributed by atoms with Crippen molar-refractivity contribution in [2.45, 2.75) is 38.8 Å². The monoisotopic (exact) mass is 437 g/mol. The van der Waals surface area contributed by atoms with E-state index in [1.54, 1.807) is 35.0 Å². The van der Waals surface area contributed by atoms with Gasteiger partial charge in [-0.1, -0.05) is 6.07 Å². The molecular weight excluding hydrogens is 402 g/mol. The van der Waals surface area contributed by atoms with Crippen LogP contribution in [-0.4, -0.2) is 76.1 Å². The number of methoxy groups -OCH3 is 2. The zero-order valence-corrected chi connectivity index (χ0v) is 19.2. The molecule has 0 unspecified atom stereocenters. The van der Waals surface area contributed by atoms with Crippen LogP contribution in [-0.2, 0) is 14.3 Å². The molecule has 1 heterocycles. The van der Waals surface area contributed by atoms with Crippen molar-refractivity contribution in [1.82, 2.24) is 15.5 Å². The van der Waals surface area contributed by atoms with Gasteiger partial charge in [-0.05, 0) is 38.5 Å². The van der Waals surface area contributed by atoms with Crippen LogP contribution in [0.3, 0.4) is 0 Å². The van der Waals surface area contributed by atoms with Crippen molar-refractivity contribution in [1.29, 1.82) is 0 Å². The smallest absolute Gasteiger partial charge is 0.407 e. The Morgan fingerprint density at radius 3 is 2.39 bits per heavy atom. The molecule has 9 nitrogen and oxygen atoms in total. The van der Waals surface area contributed by atoms with Crippen LogP contribution in [0.5, 0.6) is 11.5 Å². The Hall–Kier alpha value is -2.52. The van der Waals surface area contributed by atoms with Gasteiger partial charge in [0.05, 0.1) is 33.5 Å². The number of carbonyl (C=O) groups is 2. The van der Waals surface area contributed by atoms with Crippen LogP contribution in [0.25, 0.3) is 0 Å². The summed E-state index contributed by atoms with van der Waals surface area (Å²) in [5.41, 5.74) is 0.448. The van der Waals surface area contributed by atoms with E-state index < -0.39 is 11.7 Å². The molecule has 1 aromatic rings. The molecule has 0 saturated carbocycles. The molecule has 9 heteroatoms. The van der Waals surface area contributed by atoms with Gasteiger partial charge in [0.25, 0.3) is 0 Å². The Bertz CT molecular complexity index is 728. The Balaban J connectivity index is 1.96. The largest absolute Gasteiger partial charge is 0.493 e. The minimum atomic E-state index is -0.572. The molecule has 1 aliphatic rings. The molecule has 1 saturated heterocycles. The van der Waals surface area contributed by atoms with Crippen molar-refractivity contribution in [2.75, 3.05) is 53.6 Å². The predicted molar refractivity (Wildman–Crippen MR) is 117 cm³/mol. The summed E-state index contributed by atoms with van der Waals surface area (Å²) in [5.74, 6) is 1.16. The van der Waals surface area contributed by atoms with Gasteiger partial charge in [0.1, 0.15) is 5.60 Å². The van der Waals surface area contributed by atoms with Crippen LogP contribution in [0.1, 0.15) is 38.8 Å². The Morgan fingerprint density at radius 1 is 1.10 bits per heavy atom. The number of nitrogens with zero attached hydrogens (tertiary/aromatic N) is 1. The summed E-state index contributed by atoms with van der Waals surface area (Å²) in [4.78, 5) is 26.3. The maximum Gasteiger partial charge on any atom is 0.407 e. The van der Waals surface area contributed by atoms with E-state index in [4.69, 9.17) is 18.9 Å². The summed E-state index contributed by atoms with van der Waals surface area (Å²) in [6.45, 7) is 8.86. The maximum atomic E-state index is 12.4. The number of ether oxygens (including phenoxy) is 4. The third-order valence-electron chi connectivity index (χ3n) is 4.79. The van der Waals surface area contributed by atoms with Gasteiger partial charge < -0.3 is 29.6 Å². The molecule has 174 valence electrons. The number of carbonyl (C=O) groups excluding carboxylic acids is 2. The highest BCUT2D eigenvalue weighted by molar-refractivity contribution is 5.77. The average Bonchev–Trinajstić information content (AvgIpc) is 2.73. The summed E-state index contributed by atoms with van der Waals surface area (Å²) >= 11 is 0. The van der Waals surface area contributed by atoms with Gasteiger partial charge in [0.2, 0.25) is 5.91 Å². The van der Waals surface area contributed by atoms with Gasteiger partial charge >= 0.3 is 6.09 Å². The standard InChI is InChI=1S/C22H35N3O6/c1-22(2,3)31-21(27)23-9-8-20(26)24-15-17(25-10-12-30-13-11-25)16-6-7-18(28-4)19(14-16)29-5/h6-7,14,17H,8-13,15H2,1-5H3,(H,23,27)(H,24,26)/t17-/m1/s1. The molecule has 31 heavy (non-hydrogen) atoms. The van der Waals surface area contributed by atoms with E-state index in [2.05, 4.69) is 15.5 Å². The van der Waals surface area contributed by atoms with E-state index >= 15 is 0 Å². The molecule has 0 bridgehead atoms. The number of benzene rings is 1. The molecule has 0 radical (unpaired) electrons. The van der Waals surface area contributed by atoms with Crippen molar-refractivity contribution < 1.29 is 28.5 Å². The maximum absolute atomic E-state index is 12.4. The van der Waals surface area contributed by atoms with Crippen LogP contribution < -0.4 is 20.1 Å². The molecule has 1 atom stereocenters. The zero-order valence-electron chi connectivity index (χ0n) is 19.2. The number of hydrogen-bond donors (Lipinski definition) is 2.